The third-order valence-corrected chi connectivity index (χ3v) is 16.4. The van der Waals surface area contributed by atoms with Gasteiger partial charge in [-0.05, 0) is 38.1 Å². The van der Waals surface area contributed by atoms with Crippen molar-refractivity contribution < 1.29 is 64.2 Å². The van der Waals surface area contributed by atoms with E-state index in [4.69, 9.17) is 70.6 Å². The minimum Gasteiger partial charge on any atom is -0.494 e. The molecule has 6 aromatic rings. The van der Waals surface area contributed by atoms with Gasteiger partial charge >= 0.3 is 0 Å². The van der Waals surface area contributed by atoms with E-state index in [1.807, 2.05) is 0 Å². The van der Waals surface area contributed by atoms with Crippen molar-refractivity contribution in [2.24, 2.45) is 0 Å². The maximum absolute atomic E-state index is 13.7. The minimum atomic E-state index is -3.88. The van der Waals surface area contributed by atoms with Crippen LogP contribution in [-0.4, -0.2) is 159 Å². The predicted molar refractivity (Wildman–Crippen MR) is 266 cm³/mol. The van der Waals surface area contributed by atoms with Crippen LogP contribution in [0.4, 0.5) is 0 Å². The van der Waals surface area contributed by atoms with Gasteiger partial charge in [0.25, 0.3) is 0 Å². The standard InChI is InChI=1S/2C23H28ClN5O7S/c2*1-14(21(34-4)22-25-10-15(24)11-26-22)37(30,31)13-19-27-28-23(18-12-35-8-9-36-18)29(19)20-16(32-2)6-5-7-17(20)33-3/h2*5-7,10-11,14,18,21H,8-9,12-13H2,1-4H3/t14-,18+,21-;14-,18-,21-/m00/s1. The largest absolute Gasteiger partial charge is 0.494 e. The molecule has 0 radical (unpaired) electrons. The van der Waals surface area contributed by atoms with Crippen LogP contribution in [0.2, 0.25) is 10.0 Å². The molecule has 0 unspecified atom stereocenters. The molecule has 0 saturated carbocycles. The van der Waals surface area contributed by atoms with Gasteiger partial charge in [0.1, 0.15) is 70.3 Å². The molecule has 0 aliphatic carbocycles. The van der Waals surface area contributed by atoms with Crippen molar-refractivity contribution in [3.05, 3.63) is 106 Å². The molecule has 0 N–H and O–H groups in total. The molecule has 2 fully saturated rings. The monoisotopic (exact) mass is 1110 g/mol. The zero-order valence-corrected chi connectivity index (χ0v) is 44.8. The lowest BCUT2D eigenvalue weighted by Crippen LogP contribution is -2.30. The maximum Gasteiger partial charge on any atom is 0.169 e. The summed E-state index contributed by atoms with van der Waals surface area (Å²) in [4.78, 5) is 16.6. The molecule has 400 valence electrons. The average molecular weight is 1110 g/mol. The number of rotatable bonds is 20. The Morgan fingerprint density at radius 1 is 0.554 bits per heavy atom. The summed E-state index contributed by atoms with van der Waals surface area (Å²) in [5.74, 6) is 2.23. The number of aromatic nitrogens is 10. The smallest absolute Gasteiger partial charge is 0.169 e. The van der Waals surface area contributed by atoms with Crippen LogP contribution in [0.15, 0.2) is 61.2 Å². The third kappa shape index (κ3) is 12.5. The second-order valence-electron chi connectivity index (χ2n) is 16.4. The Morgan fingerprint density at radius 3 is 1.18 bits per heavy atom. The van der Waals surface area contributed by atoms with E-state index in [0.29, 0.717) is 82.5 Å². The normalized spacial score (nSPS) is 17.8. The van der Waals surface area contributed by atoms with Crippen LogP contribution in [0, 0.1) is 0 Å². The second-order valence-corrected chi connectivity index (χ2v) is 22.0. The molecule has 24 nitrogen and oxygen atoms in total. The van der Waals surface area contributed by atoms with Gasteiger partial charge in [0.2, 0.25) is 0 Å². The Bertz CT molecular complexity index is 2790. The predicted octanol–water partition coefficient (Wildman–Crippen LogP) is 5.01. The van der Waals surface area contributed by atoms with E-state index in [2.05, 4.69) is 40.3 Å². The van der Waals surface area contributed by atoms with Crippen molar-refractivity contribution in [1.82, 2.24) is 49.5 Å². The van der Waals surface area contributed by atoms with Gasteiger partial charge in [0, 0.05) is 39.0 Å². The van der Waals surface area contributed by atoms with Crippen LogP contribution in [0.5, 0.6) is 23.0 Å². The summed E-state index contributed by atoms with van der Waals surface area (Å²) in [7, 11) is 1.07. The van der Waals surface area contributed by atoms with Crippen LogP contribution >= 0.6 is 23.2 Å². The van der Waals surface area contributed by atoms with E-state index in [0.717, 1.165) is 0 Å². The number of nitrogens with zero attached hydrogens (tertiary/aromatic N) is 10. The quantitative estimate of drug-likeness (QED) is 0.0971. The van der Waals surface area contributed by atoms with Crippen LogP contribution < -0.4 is 18.9 Å². The summed E-state index contributed by atoms with van der Waals surface area (Å²) in [5, 5.41) is 15.7. The molecule has 0 amide bonds. The van der Waals surface area contributed by atoms with Crippen LogP contribution in [0.1, 0.15) is 73.2 Å². The number of benzene rings is 2. The topological polar surface area (TPSA) is 274 Å². The van der Waals surface area contributed by atoms with Crippen molar-refractivity contribution in [3.63, 3.8) is 0 Å². The van der Waals surface area contributed by atoms with Gasteiger partial charge in [-0.15, -0.1) is 20.4 Å². The van der Waals surface area contributed by atoms with Crippen LogP contribution in [0.3, 0.4) is 0 Å². The first kappa shape index (κ1) is 56.1. The molecule has 6 heterocycles. The number of methoxy groups -OCH3 is 6. The SMILES string of the molecule is COc1cccc(OC)c1-n1c(CS(=O)(=O)[C@@H](C)[C@H](OC)c2ncc(Cl)cn2)nnc1[C@@H]1COCCO1.COc1cccc(OC)c1-n1c(CS(=O)(=O)[C@@H](C)[C@H](OC)c2ncc(Cl)cn2)nnc1[C@H]1COCCO1. The number of hydrogen-bond donors (Lipinski definition) is 0. The molecule has 28 heteroatoms. The number of halogens is 2. The van der Waals surface area contributed by atoms with Crippen molar-refractivity contribution in [2.45, 2.75) is 60.3 Å². The highest BCUT2D eigenvalue weighted by Crippen LogP contribution is 2.39. The second kappa shape index (κ2) is 25.2. The van der Waals surface area contributed by atoms with Crippen molar-refractivity contribution >= 4 is 42.9 Å². The fourth-order valence-corrected chi connectivity index (χ4v) is 11.1. The Labute approximate surface area is 437 Å². The van der Waals surface area contributed by atoms with Crippen molar-refractivity contribution in [1.29, 1.82) is 0 Å². The lowest BCUT2D eigenvalue weighted by atomic mass is 10.2. The first-order valence-electron chi connectivity index (χ1n) is 22.7. The van der Waals surface area contributed by atoms with Gasteiger partial charge in [0.15, 0.2) is 54.6 Å². The summed E-state index contributed by atoms with van der Waals surface area (Å²) in [6.07, 6.45) is 2.54. The first-order valence-corrected chi connectivity index (χ1v) is 26.9. The third-order valence-electron chi connectivity index (χ3n) is 11.9. The summed E-state index contributed by atoms with van der Waals surface area (Å²) in [5.41, 5.74) is 0.896. The summed E-state index contributed by atoms with van der Waals surface area (Å²) < 4.78 is 114. The summed E-state index contributed by atoms with van der Waals surface area (Å²) in [6, 6.07) is 10.5. The fourth-order valence-electron chi connectivity index (χ4n) is 8.08. The Hall–Kier alpha value is -5.68. The fraction of sp³-hybridized carbons (Fsp3) is 0.478. The molecule has 6 atom stereocenters. The van der Waals surface area contributed by atoms with E-state index in [1.165, 1.54) is 81.3 Å². The molecule has 2 aromatic carbocycles. The first-order chi connectivity index (χ1) is 35.6. The molecule has 0 spiro atoms. The van der Waals surface area contributed by atoms with Gasteiger partial charge in [-0.25, -0.2) is 36.8 Å². The lowest BCUT2D eigenvalue weighted by Gasteiger charge is -2.25. The summed E-state index contributed by atoms with van der Waals surface area (Å²) >= 11 is 11.8. The zero-order valence-electron chi connectivity index (χ0n) is 41.7. The molecule has 2 aliphatic rings. The van der Waals surface area contributed by atoms with Crippen LogP contribution in [-0.2, 0) is 59.6 Å². The van der Waals surface area contributed by atoms with E-state index in [-0.39, 0.29) is 36.5 Å². The molecule has 0 bridgehead atoms. The van der Waals surface area contributed by atoms with E-state index >= 15 is 0 Å². The van der Waals surface area contributed by atoms with Gasteiger partial charge in [-0.2, -0.15) is 0 Å². The number of para-hydroxylation sites is 2. The number of sulfone groups is 2. The highest BCUT2D eigenvalue weighted by Gasteiger charge is 2.38. The van der Waals surface area contributed by atoms with Gasteiger partial charge < -0.3 is 47.4 Å². The highest BCUT2D eigenvalue weighted by atomic mass is 35.5. The molecule has 8 rings (SSSR count). The van der Waals surface area contributed by atoms with Gasteiger partial charge in [-0.3, -0.25) is 9.13 Å². The zero-order chi connectivity index (χ0) is 53.2. The highest BCUT2D eigenvalue weighted by molar-refractivity contribution is 7.91. The van der Waals surface area contributed by atoms with E-state index < -0.39 is 66.1 Å². The van der Waals surface area contributed by atoms with E-state index in [9.17, 15) is 16.8 Å². The molecule has 2 saturated heterocycles. The summed E-state index contributed by atoms with van der Waals surface area (Å²) in [6.45, 7) is 5.16. The number of ether oxygens (including phenoxy) is 10. The average Bonchev–Trinajstić information content (AvgIpc) is 4.03. The Morgan fingerprint density at radius 2 is 0.892 bits per heavy atom. The molecular formula is C46H56Cl2N10O14S2. The molecule has 4 aromatic heterocycles. The van der Waals surface area contributed by atoms with E-state index in [1.54, 1.807) is 45.5 Å². The minimum absolute atomic E-state index is 0.144. The maximum atomic E-state index is 13.7. The van der Waals surface area contributed by atoms with Gasteiger partial charge in [-0.1, -0.05) is 35.3 Å². The van der Waals surface area contributed by atoms with Crippen molar-refractivity contribution in [3.8, 4) is 34.4 Å². The molecule has 2 aliphatic heterocycles. The lowest BCUT2D eigenvalue weighted by molar-refractivity contribution is -0.0942. The Kier molecular flexibility index (Phi) is 19.1. The van der Waals surface area contributed by atoms with Gasteiger partial charge in [0.05, 0.1) is 88.6 Å². The van der Waals surface area contributed by atoms with Crippen LogP contribution in [0.25, 0.3) is 11.4 Å². The molecular weight excluding hydrogens is 1050 g/mol. The van der Waals surface area contributed by atoms with Crippen molar-refractivity contribution in [2.75, 3.05) is 82.3 Å². The Balaban J connectivity index is 0.000000216. The number of hydrogen-bond acceptors (Lipinski definition) is 22. The molecule has 74 heavy (non-hydrogen) atoms.